The van der Waals surface area contributed by atoms with E-state index in [-0.39, 0.29) is 11.5 Å². The van der Waals surface area contributed by atoms with Crippen LogP contribution in [0.2, 0.25) is 0 Å². The Morgan fingerprint density at radius 1 is 1.35 bits per heavy atom. The van der Waals surface area contributed by atoms with Gasteiger partial charge in [-0.1, -0.05) is 0 Å². The summed E-state index contributed by atoms with van der Waals surface area (Å²) in [6.45, 7) is 2.02. The van der Waals surface area contributed by atoms with E-state index in [0.717, 1.165) is 0 Å². The Hall–Kier alpha value is -3.34. The highest BCUT2D eigenvalue weighted by Gasteiger charge is 2.17. The molecular formula is C12H14N8O3. The summed E-state index contributed by atoms with van der Waals surface area (Å²) < 4.78 is 4.88. The molecule has 11 heteroatoms. The Morgan fingerprint density at radius 2 is 2.09 bits per heavy atom. The summed E-state index contributed by atoms with van der Waals surface area (Å²) in [6.07, 6.45) is 0. The smallest absolute Gasteiger partial charge is 0.338 e. The van der Waals surface area contributed by atoms with Gasteiger partial charge >= 0.3 is 5.97 Å². The van der Waals surface area contributed by atoms with Gasteiger partial charge in [-0.05, 0) is 36.4 Å². The first-order chi connectivity index (χ1) is 11.2. The monoisotopic (exact) mass is 318 g/mol. The van der Waals surface area contributed by atoms with E-state index in [2.05, 4.69) is 31.2 Å². The van der Waals surface area contributed by atoms with Crippen molar-refractivity contribution in [2.24, 2.45) is 10.9 Å². The van der Waals surface area contributed by atoms with Gasteiger partial charge in [-0.15, -0.1) is 10.2 Å². The zero-order valence-corrected chi connectivity index (χ0v) is 12.1. The van der Waals surface area contributed by atoms with Crippen molar-refractivity contribution in [1.29, 1.82) is 0 Å². The number of tetrazole rings is 1. The van der Waals surface area contributed by atoms with Crippen molar-refractivity contribution in [3.05, 3.63) is 35.7 Å². The molecule has 0 radical (unpaired) electrons. The Bertz CT molecular complexity index is 696. The third-order valence-electron chi connectivity index (χ3n) is 2.60. The number of amides is 1. The zero-order chi connectivity index (χ0) is 16.7. The maximum absolute atomic E-state index is 11.7. The van der Waals surface area contributed by atoms with Crippen molar-refractivity contribution in [2.75, 3.05) is 12.0 Å². The van der Waals surface area contributed by atoms with Gasteiger partial charge in [0.15, 0.2) is 5.71 Å². The number of hydrogen-bond donors (Lipinski definition) is 4. The topological polar surface area (TPSA) is 160 Å². The van der Waals surface area contributed by atoms with E-state index in [1.807, 2.05) is 5.43 Å². The average Bonchev–Trinajstić information content (AvgIpc) is 3.09. The lowest BCUT2D eigenvalue weighted by molar-refractivity contribution is -0.114. The van der Waals surface area contributed by atoms with Crippen LogP contribution in [-0.4, -0.2) is 44.8 Å². The highest BCUT2D eigenvalue weighted by Crippen LogP contribution is 2.11. The molecule has 0 saturated carbocycles. The van der Waals surface area contributed by atoms with Gasteiger partial charge in [-0.3, -0.25) is 15.6 Å². The van der Waals surface area contributed by atoms with Crippen molar-refractivity contribution in [2.45, 2.75) is 6.92 Å². The summed E-state index contributed by atoms with van der Waals surface area (Å²) in [4.78, 5) is 23.2. The van der Waals surface area contributed by atoms with Gasteiger partial charge in [-0.25, -0.2) is 10.6 Å². The molecule has 11 nitrogen and oxygen atoms in total. The molecule has 120 valence electrons. The second kappa shape index (κ2) is 7.61. The molecule has 1 aromatic carbocycles. The lowest BCUT2D eigenvalue weighted by Gasteiger charge is -2.05. The number of aromatic nitrogens is 4. The Balaban J connectivity index is 2.13. The molecule has 0 spiro atoms. The van der Waals surface area contributed by atoms with E-state index >= 15 is 0 Å². The molecule has 0 fully saturated rings. The first kappa shape index (κ1) is 16.0. The van der Waals surface area contributed by atoms with E-state index in [9.17, 15) is 9.59 Å². The summed E-state index contributed by atoms with van der Waals surface area (Å²) in [6, 6.07) is 6.33. The molecule has 5 N–H and O–H groups in total. The Morgan fingerprint density at radius 3 is 2.65 bits per heavy atom. The number of nitrogens with two attached hydrogens (primary N) is 1. The lowest BCUT2D eigenvalue weighted by Crippen LogP contribution is -2.37. The number of carbonyl (C=O) groups is 2. The predicted octanol–water partition coefficient (Wildman–Crippen LogP) is -0.817. The second-order valence-electron chi connectivity index (χ2n) is 4.08. The first-order valence-corrected chi connectivity index (χ1v) is 6.51. The van der Waals surface area contributed by atoms with Crippen LogP contribution in [0, 0.1) is 0 Å². The number of hydrazine groups is 1. The van der Waals surface area contributed by atoms with E-state index in [4.69, 9.17) is 10.6 Å². The van der Waals surface area contributed by atoms with Crippen LogP contribution < -0.4 is 16.7 Å². The number of benzene rings is 1. The standard InChI is InChI=1S/C12H14N8O3/c1-2-23-12(22)7-3-5-8(6-4-7)15-16-9(11(21)14-13)10-17-19-20-18-10/h3-6,15H,2,13H2,1H3,(H,14,21)(H,17,18,19,20). The summed E-state index contributed by atoms with van der Waals surface area (Å²) in [5.41, 5.74) is 5.36. The summed E-state index contributed by atoms with van der Waals surface area (Å²) in [5.74, 6) is 3.95. The number of nitrogens with one attached hydrogen (secondary N) is 3. The minimum Gasteiger partial charge on any atom is -0.462 e. The molecule has 0 aliphatic rings. The fourth-order valence-electron chi connectivity index (χ4n) is 1.55. The van der Waals surface area contributed by atoms with E-state index in [1.54, 1.807) is 31.2 Å². The molecule has 2 aromatic rings. The van der Waals surface area contributed by atoms with Gasteiger partial charge in [0.1, 0.15) is 0 Å². The maximum Gasteiger partial charge on any atom is 0.338 e. The Kier molecular flexibility index (Phi) is 5.30. The molecule has 2 rings (SSSR count). The third-order valence-corrected chi connectivity index (χ3v) is 2.60. The van der Waals surface area contributed by atoms with Gasteiger partial charge in [0, 0.05) is 0 Å². The van der Waals surface area contributed by atoms with Crippen molar-refractivity contribution >= 4 is 23.3 Å². The molecule has 23 heavy (non-hydrogen) atoms. The van der Waals surface area contributed by atoms with Crippen LogP contribution in [0.5, 0.6) is 0 Å². The minimum absolute atomic E-state index is 0.0245. The number of H-pyrrole nitrogens is 1. The van der Waals surface area contributed by atoms with E-state index in [0.29, 0.717) is 17.9 Å². The average molecular weight is 318 g/mol. The predicted molar refractivity (Wildman–Crippen MR) is 79.1 cm³/mol. The number of carbonyl (C=O) groups excluding carboxylic acids is 2. The lowest BCUT2D eigenvalue weighted by atomic mass is 10.2. The van der Waals surface area contributed by atoms with Crippen LogP contribution in [0.25, 0.3) is 0 Å². The van der Waals surface area contributed by atoms with E-state index in [1.165, 1.54) is 0 Å². The van der Waals surface area contributed by atoms with Crippen molar-refractivity contribution in [1.82, 2.24) is 26.0 Å². The van der Waals surface area contributed by atoms with Crippen LogP contribution in [0.15, 0.2) is 29.4 Å². The number of ether oxygens (including phenoxy) is 1. The molecule has 1 aromatic heterocycles. The summed E-state index contributed by atoms with van der Waals surface area (Å²) in [7, 11) is 0. The molecule has 0 unspecified atom stereocenters. The van der Waals surface area contributed by atoms with Gasteiger partial charge in [0.25, 0.3) is 5.91 Å². The third kappa shape index (κ3) is 4.07. The van der Waals surface area contributed by atoms with Crippen LogP contribution in [-0.2, 0) is 9.53 Å². The van der Waals surface area contributed by atoms with Crippen LogP contribution >= 0.6 is 0 Å². The molecule has 0 bridgehead atoms. The maximum atomic E-state index is 11.7. The first-order valence-electron chi connectivity index (χ1n) is 6.51. The molecule has 1 heterocycles. The van der Waals surface area contributed by atoms with Gasteiger partial charge in [0.05, 0.1) is 17.9 Å². The van der Waals surface area contributed by atoms with E-state index < -0.39 is 11.9 Å². The molecular weight excluding hydrogens is 304 g/mol. The molecule has 0 atom stereocenters. The Labute approximate surface area is 130 Å². The van der Waals surface area contributed by atoms with Gasteiger partial charge in [-0.2, -0.15) is 10.3 Å². The summed E-state index contributed by atoms with van der Waals surface area (Å²) >= 11 is 0. The normalized spacial score (nSPS) is 11.0. The van der Waals surface area contributed by atoms with Crippen molar-refractivity contribution in [3.63, 3.8) is 0 Å². The van der Waals surface area contributed by atoms with Crippen LogP contribution in [0.3, 0.4) is 0 Å². The summed E-state index contributed by atoms with van der Waals surface area (Å²) in [5, 5.41) is 16.8. The fraction of sp³-hybridized carbons (Fsp3) is 0.167. The molecule has 0 aliphatic heterocycles. The number of rotatable bonds is 6. The molecule has 1 amide bonds. The number of hydrazone groups is 1. The largest absolute Gasteiger partial charge is 0.462 e. The SMILES string of the molecule is CCOC(=O)c1ccc(NN=C(C(=O)NN)c2nn[nH]n2)cc1. The number of nitrogens with zero attached hydrogens (tertiary/aromatic N) is 4. The number of hydrogen-bond acceptors (Lipinski definition) is 9. The van der Waals surface area contributed by atoms with Crippen LogP contribution in [0.1, 0.15) is 23.1 Å². The van der Waals surface area contributed by atoms with Crippen LogP contribution in [0.4, 0.5) is 5.69 Å². The number of aromatic amines is 1. The minimum atomic E-state index is -0.693. The highest BCUT2D eigenvalue weighted by atomic mass is 16.5. The van der Waals surface area contributed by atoms with Gasteiger partial charge in [0.2, 0.25) is 5.82 Å². The molecule has 0 saturated heterocycles. The zero-order valence-electron chi connectivity index (χ0n) is 12.1. The quantitative estimate of drug-likeness (QED) is 0.177. The van der Waals surface area contributed by atoms with Crippen molar-refractivity contribution in [3.8, 4) is 0 Å². The number of anilines is 1. The number of esters is 1. The molecule has 0 aliphatic carbocycles. The van der Waals surface area contributed by atoms with Gasteiger partial charge < -0.3 is 4.74 Å². The fourth-order valence-corrected chi connectivity index (χ4v) is 1.55. The highest BCUT2D eigenvalue weighted by molar-refractivity contribution is 6.44. The van der Waals surface area contributed by atoms with Crippen molar-refractivity contribution < 1.29 is 14.3 Å². The second-order valence-corrected chi connectivity index (χ2v) is 4.08.